The number of nitrogen functional groups attached to an aromatic ring is 1. The Hall–Kier alpha value is -1.59. The minimum absolute atomic E-state index is 0.195. The molecule has 1 aromatic heterocycles. The molecule has 3 rings (SSSR count). The maximum absolute atomic E-state index is 9.91. The molecule has 0 spiro atoms. The molecule has 2 atom stereocenters. The summed E-state index contributed by atoms with van der Waals surface area (Å²) in [6.07, 6.45) is 1.74. The Morgan fingerprint density at radius 3 is 3.15 bits per heavy atom. The van der Waals surface area contributed by atoms with Gasteiger partial charge in [0, 0.05) is 25.2 Å². The summed E-state index contributed by atoms with van der Waals surface area (Å²) in [5.41, 5.74) is 8.47. The van der Waals surface area contributed by atoms with Gasteiger partial charge >= 0.3 is 0 Å². The number of β-amino-alcohol motifs (C(OH)–C–C–N with tert-alkyl or cyclic N) is 1. The maximum Gasteiger partial charge on any atom is 0.108 e. The van der Waals surface area contributed by atoms with Gasteiger partial charge in [0.25, 0.3) is 0 Å². The van der Waals surface area contributed by atoms with Crippen LogP contribution in [0, 0.1) is 5.92 Å². The Balaban J connectivity index is 1.62. The van der Waals surface area contributed by atoms with Crippen molar-refractivity contribution in [1.29, 1.82) is 0 Å². The number of hydrogen-bond acceptors (Lipinski definition) is 4. The second-order valence-electron chi connectivity index (χ2n) is 5.84. The van der Waals surface area contributed by atoms with Crippen LogP contribution < -0.4 is 5.73 Å². The number of fused-ring (bicyclic) bond motifs is 1. The molecule has 4 N–H and O–H groups in total. The highest BCUT2D eigenvalue weighted by Crippen LogP contribution is 2.18. The van der Waals surface area contributed by atoms with Gasteiger partial charge in [-0.3, -0.25) is 0 Å². The van der Waals surface area contributed by atoms with E-state index in [-0.39, 0.29) is 6.10 Å². The van der Waals surface area contributed by atoms with Crippen LogP contribution in [0.4, 0.5) is 5.69 Å². The molecular weight excluding hydrogens is 252 g/mol. The van der Waals surface area contributed by atoms with Gasteiger partial charge in [0.1, 0.15) is 5.82 Å². The molecule has 0 saturated carbocycles. The monoisotopic (exact) mass is 274 g/mol. The summed E-state index contributed by atoms with van der Waals surface area (Å²) in [6, 6.07) is 5.73. The number of aliphatic hydroxyl groups is 1. The summed E-state index contributed by atoms with van der Waals surface area (Å²) >= 11 is 0. The fraction of sp³-hybridized carbons (Fsp3) is 0.533. The molecule has 2 heterocycles. The lowest BCUT2D eigenvalue weighted by Crippen LogP contribution is -2.43. The normalized spacial score (nSPS) is 24.3. The van der Waals surface area contributed by atoms with Crippen molar-refractivity contribution in [3.05, 3.63) is 24.0 Å². The Labute approximate surface area is 118 Å². The number of rotatable bonds is 3. The predicted octanol–water partition coefficient (Wildman–Crippen LogP) is 1.39. The third kappa shape index (κ3) is 2.78. The number of likely N-dealkylation sites (tertiary alicyclic amines) is 1. The van der Waals surface area contributed by atoms with Gasteiger partial charge in [0.05, 0.1) is 17.1 Å². The van der Waals surface area contributed by atoms with E-state index in [1.807, 2.05) is 18.2 Å². The standard InChI is InChI=1S/C15H22N4O/c1-10-4-6-19(9-14(10)20)7-5-15-17-12-3-2-11(16)8-13(12)18-15/h2-3,8,10,14,20H,4-7,9,16H2,1H3,(H,17,18). The highest BCUT2D eigenvalue weighted by atomic mass is 16.3. The minimum Gasteiger partial charge on any atom is -0.399 e. The zero-order valence-electron chi connectivity index (χ0n) is 11.8. The van der Waals surface area contributed by atoms with Gasteiger partial charge in [-0.15, -0.1) is 0 Å². The summed E-state index contributed by atoms with van der Waals surface area (Å²) in [6.45, 7) is 4.88. The number of nitrogens with zero attached hydrogens (tertiary/aromatic N) is 2. The minimum atomic E-state index is -0.195. The number of anilines is 1. The van der Waals surface area contributed by atoms with Gasteiger partial charge in [0.2, 0.25) is 0 Å². The van der Waals surface area contributed by atoms with Gasteiger partial charge in [0.15, 0.2) is 0 Å². The molecule has 0 bridgehead atoms. The number of nitrogens with two attached hydrogens (primary N) is 1. The molecular formula is C15H22N4O. The SMILES string of the molecule is CC1CCN(CCc2nc3ccc(N)cc3[nH]2)CC1O. The van der Waals surface area contributed by atoms with Crippen molar-refractivity contribution < 1.29 is 5.11 Å². The molecule has 1 saturated heterocycles. The number of benzene rings is 1. The average molecular weight is 274 g/mol. The summed E-state index contributed by atoms with van der Waals surface area (Å²) in [7, 11) is 0. The van der Waals surface area contributed by atoms with Crippen LogP contribution in [0.2, 0.25) is 0 Å². The number of hydrogen-bond donors (Lipinski definition) is 3. The summed E-state index contributed by atoms with van der Waals surface area (Å²) in [5.74, 6) is 1.40. The summed E-state index contributed by atoms with van der Waals surface area (Å²) in [5, 5.41) is 9.91. The summed E-state index contributed by atoms with van der Waals surface area (Å²) < 4.78 is 0. The molecule has 1 aliphatic heterocycles. The number of imidazole rings is 1. The van der Waals surface area contributed by atoms with E-state index < -0.39 is 0 Å². The van der Waals surface area contributed by atoms with Gasteiger partial charge in [-0.2, -0.15) is 0 Å². The lowest BCUT2D eigenvalue weighted by Gasteiger charge is -2.34. The van der Waals surface area contributed by atoms with E-state index in [0.29, 0.717) is 5.92 Å². The lowest BCUT2D eigenvalue weighted by atomic mass is 9.96. The maximum atomic E-state index is 9.91. The van der Waals surface area contributed by atoms with Crippen molar-refractivity contribution in [2.75, 3.05) is 25.4 Å². The highest BCUT2D eigenvalue weighted by Gasteiger charge is 2.23. The molecule has 0 radical (unpaired) electrons. The Morgan fingerprint density at radius 1 is 1.50 bits per heavy atom. The zero-order valence-corrected chi connectivity index (χ0v) is 11.8. The van der Waals surface area contributed by atoms with Crippen LogP contribution in [0.1, 0.15) is 19.2 Å². The van der Waals surface area contributed by atoms with E-state index >= 15 is 0 Å². The first-order valence-corrected chi connectivity index (χ1v) is 7.26. The molecule has 5 nitrogen and oxygen atoms in total. The van der Waals surface area contributed by atoms with Crippen molar-refractivity contribution in [2.45, 2.75) is 25.9 Å². The molecule has 0 amide bonds. The number of aromatic nitrogens is 2. The van der Waals surface area contributed by atoms with Crippen molar-refractivity contribution >= 4 is 16.7 Å². The topological polar surface area (TPSA) is 78.2 Å². The number of piperidine rings is 1. The van der Waals surface area contributed by atoms with Crippen LogP contribution >= 0.6 is 0 Å². The molecule has 1 aliphatic rings. The van der Waals surface area contributed by atoms with Crippen molar-refractivity contribution in [1.82, 2.24) is 14.9 Å². The molecule has 1 fully saturated rings. The van der Waals surface area contributed by atoms with Crippen LogP contribution in [0.15, 0.2) is 18.2 Å². The van der Waals surface area contributed by atoms with Crippen molar-refractivity contribution in [3.8, 4) is 0 Å². The average Bonchev–Trinajstić information content (AvgIpc) is 2.82. The molecule has 108 valence electrons. The van der Waals surface area contributed by atoms with E-state index in [4.69, 9.17) is 5.73 Å². The first-order chi connectivity index (χ1) is 9.61. The predicted molar refractivity (Wildman–Crippen MR) is 80.4 cm³/mol. The van der Waals surface area contributed by atoms with E-state index in [9.17, 15) is 5.11 Å². The quantitative estimate of drug-likeness (QED) is 0.739. The van der Waals surface area contributed by atoms with Crippen LogP contribution in [-0.2, 0) is 6.42 Å². The fourth-order valence-corrected chi connectivity index (χ4v) is 2.78. The smallest absolute Gasteiger partial charge is 0.108 e. The summed E-state index contributed by atoms with van der Waals surface area (Å²) in [4.78, 5) is 10.2. The van der Waals surface area contributed by atoms with Gasteiger partial charge in [-0.05, 0) is 37.1 Å². The lowest BCUT2D eigenvalue weighted by molar-refractivity contribution is 0.0296. The Kier molecular flexibility index (Phi) is 3.63. The Morgan fingerprint density at radius 2 is 2.35 bits per heavy atom. The van der Waals surface area contributed by atoms with Crippen LogP contribution in [0.5, 0.6) is 0 Å². The highest BCUT2D eigenvalue weighted by molar-refractivity contribution is 5.78. The van der Waals surface area contributed by atoms with Gasteiger partial charge < -0.3 is 20.7 Å². The van der Waals surface area contributed by atoms with E-state index in [1.165, 1.54) is 0 Å². The number of H-pyrrole nitrogens is 1. The number of aliphatic hydroxyl groups excluding tert-OH is 1. The second kappa shape index (κ2) is 5.42. The zero-order chi connectivity index (χ0) is 14.1. The van der Waals surface area contributed by atoms with E-state index in [0.717, 1.165) is 55.0 Å². The molecule has 5 heteroatoms. The first-order valence-electron chi connectivity index (χ1n) is 7.26. The van der Waals surface area contributed by atoms with Gasteiger partial charge in [-0.25, -0.2) is 4.98 Å². The van der Waals surface area contributed by atoms with Crippen molar-refractivity contribution in [2.24, 2.45) is 5.92 Å². The third-order valence-electron chi connectivity index (χ3n) is 4.22. The van der Waals surface area contributed by atoms with Gasteiger partial charge in [-0.1, -0.05) is 6.92 Å². The third-order valence-corrected chi connectivity index (χ3v) is 4.22. The molecule has 20 heavy (non-hydrogen) atoms. The van der Waals surface area contributed by atoms with Crippen molar-refractivity contribution in [3.63, 3.8) is 0 Å². The first kappa shape index (κ1) is 13.4. The van der Waals surface area contributed by atoms with Crippen LogP contribution in [0.25, 0.3) is 11.0 Å². The Bertz CT molecular complexity index is 595. The molecule has 1 aromatic carbocycles. The van der Waals surface area contributed by atoms with E-state index in [1.54, 1.807) is 0 Å². The fourth-order valence-electron chi connectivity index (χ4n) is 2.78. The number of nitrogens with one attached hydrogen (secondary N) is 1. The largest absolute Gasteiger partial charge is 0.399 e. The number of aromatic amines is 1. The molecule has 0 aliphatic carbocycles. The van der Waals surface area contributed by atoms with Crippen LogP contribution in [-0.4, -0.2) is 45.7 Å². The second-order valence-corrected chi connectivity index (χ2v) is 5.84. The van der Waals surface area contributed by atoms with Crippen LogP contribution in [0.3, 0.4) is 0 Å². The molecule has 2 unspecified atom stereocenters. The van der Waals surface area contributed by atoms with E-state index in [2.05, 4.69) is 21.8 Å². The molecule has 2 aromatic rings.